The average molecular weight is 423 g/mol. The number of rotatable bonds is 3. The Morgan fingerprint density at radius 2 is 1.81 bits per heavy atom. The summed E-state index contributed by atoms with van der Waals surface area (Å²) in [5.74, 6) is -2.90. The molecule has 7 heteroatoms. The highest BCUT2D eigenvalue weighted by Gasteiger charge is 2.54. The van der Waals surface area contributed by atoms with Gasteiger partial charge in [0.05, 0.1) is 16.9 Å². The third-order valence-electron chi connectivity index (χ3n) is 6.59. The number of amides is 1. The van der Waals surface area contributed by atoms with Crippen LogP contribution in [0.5, 0.6) is 5.75 Å². The molecule has 2 aromatic carbocycles. The van der Waals surface area contributed by atoms with E-state index in [0.29, 0.717) is 25.1 Å². The van der Waals surface area contributed by atoms with Gasteiger partial charge in [0.15, 0.2) is 11.6 Å². The lowest BCUT2D eigenvalue weighted by Gasteiger charge is -2.59. The zero-order valence-electron chi connectivity index (χ0n) is 17.4. The van der Waals surface area contributed by atoms with Gasteiger partial charge < -0.3 is 10.0 Å². The van der Waals surface area contributed by atoms with E-state index >= 15 is 0 Å². The molecule has 1 saturated carbocycles. The number of aromatic hydroxyl groups is 1. The Morgan fingerprint density at radius 3 is 2.52 bits per heavy atom. The van der Waals surface area contributed by atoms with Crippen LogP contribution < -0.4 is 0 Å². The highest BCUT2D eigenvalue weighted by molar-refractivity contribution is 5.95. The standard InChI is InChI=1S/C24H23F2N3O2/c1-14-5-3-4-6-20(14)29-21(7-15(2)27-29)16-10-24(11-16)12-28(13-24)23(31)17-8-22(30)19(26)9-18(17)25/h3-9,16,30H,10-13H2,1-2H3. The van der Waals surface area contributed by atoms with E-state index in [9.17, 15) is 18.7 Å². The van der Waals surface area contributed by atoms with Crippen LogP contribution in [0, 0.1) is 30.9 Å². The Morgan fingerprint density at radius 1 is 1.10 bits per heavy atom. The number of nitrogens with zero attached hydrogens (tertiary/aromatic N) is 3. The second-order valence-electron chi connectivity index (χ2n) is 8.96. The first kappa shape index (κ1) is 19.7. The number of hydrogen-bond donors (Lipinski definition) is 1. The molecule has 2 heterocycles. The summed E-state index contributed by atoms with van der Waals surface area (Å²) in [5, 5.41) is 14.2. The molecule has 5 nitrogen and oxygen atoms in total. The lowest BCUT2D eigenvalue weighted by Crippen LogP contribution is -2.63. The normalized spacial score (nSPS) is 17.5. The number of hydrogen-bond acceptors (Lipinski definition) is 3. The molecule has 1 amide bonds. The minimum atomic E-state index is -1.07. The maximum Gasteiger partial charge on any atom is 0.257 e. The van der Waals surface area contributed by atoms with E-state index in [1.165, 1.54) is 5.69 Å². The number of likely N-dealkylation sites (tertiary alicyclic amines) is 1. The number of phenolic OH excluding ortho intramolecular Hbond substituents is 1. The summed E-state index contributed by atoms with van der Waals surface area (Å²) in [6.45, 7) is 5.14. The predicted octanol–water partition coefficient (Wildman–Crippen LogP) is 4.49. The lowest BCUT2D eigenvalue weighted by atomic mass is 9.57. The summed E-state index contributed by atoms with van der Waals surface area (Å²) in [5.41, 5.74) is 4.12. The Hall–Kier alpha value is -3.22. The molecular weight excluding hydrogens is 400 g/mol. The summed E-state index contributed by atoms with van der Waals surface area (Å²) in [7, 11) is 0. The van der Waals surface area contributed by atoms with Crippen LogP contribution in [0.1, 0.15) is 46.1 Å². The summed E-state index contributed by atoms with van der Waals surface area (Å²) >= 11 is 0. The number of para-hydroxylation sites is 1. The van der Waals surface area contributed by atoms with E-state index in [4.69, 9.17) is 5.10 Å². The molecule has 1 aliphatic carbocycles. The Bertz CT molecular complexity index is 1190. The SMILES string of the molecule is Cc1cc(C2CC3(C2)CN(C(=O)c2cc(O)c(F)cc2F)C3)n(-c2ccccc2C)n1. The van der Waals surface area contributed by atoms with Gasteiger partial charge in [0.2, 0.25) is 0 Å². The Labute approximate surface area is 178 Å². The molecule has 0 bridgehead atoms. The van der Waals surface area contributed by atoms with Crippen molar-refractivity contribution in [3.05, 3.63) is 76.6 Å². The van der Waals surface area contributed by atoms with Gasteiger partial charge >= 0.3 is 0 Å². The van der Waals surface area contributed by atoms with E-state index in [1.807, 2.05) is 23.7 Å². The zero-order valence-corrected chi connectivity index (χ0v) is 17.4. The number of halogens is 2. The molecule has 2 fully saturated rings. The van der Waals surface area contributed by atoms with Crippen molar-refractivity contribution in [1.29, 1.82) is 0 Å². The second kappa shape index (κ2) is 6.90. The molecule has 160 valence electrons. The van der Waals surface area contributed by atoms with E-state index in [-0.39, 0.29) is 11.0 Å². The van der Waals surface area contributed by atoms with Crippen LogP contribution >= 0.6 is 0 Å². The number of aromatic nitrogens is 2. The van der Waals surface area contributed by atoms with Crippen molar-refractivity contribution in [3.63, 3.8) is 0 Å². The fourth-order valence-corrected chi connectivity index (χ4v) is 5.04. The first-order chi connectivity index (χ1) is 14.8. The number of aryl methyl sites for hydroxylation is 2. The minimum absolute atomic E-state index is 0.0353. The molecule has 5 rings (SSSR count). The van der Waals surface area contributed by atoms with Gasteiger partial charge in [0, 0.05) is 36.2 Å². The van der Waals surface area contributed by atoms with E-state index < -0.39 is 23.3 Å². The van der Waals surface area contributed by atoms with Crippen LogP contribution in [0.4, 0.5) is 8.78 Å². The van der Waals surface area contributed by atoms with E-state index in [1.54, 1.807) is 4.90 Å². The molecule has 0 atom stereocenters. The van der Waals surface area contributed by atoms with Crippen molar-refractivity contribution < 1.29 is 18.7 Å². The molecule has 1 aliphatic heterocycles. The summed E-state index contributed by atoms with van der Waals surface area (Å²) in [6, 6.07) is 11.7. The zero-order chi connectivity index (χ0) is 21.9. The van der Waals surface area contributed by atoms with Crippen molar-refractivity contribution in [2.24, 2.45) is 5.41 Å². The first-order valence-electron chi connectivity index (χ1n) is 10.4. The molecule has 1 spiro atoms. The van der Waals surface area contributed by atoms with Gasteiger partial charge in [-0.15, -0.1) is 0 Å². The summed E-state index contributed by atoms with van der Waals surface area (Å²) in [6.07, 6.45) is 1.87. The van der Waals surface area contributed by atoms with Crippen LogP contribution in [-0.2, 0) is 0 Å². The monoisotopic (exact) mass is 423 g/mol. The molecular formula is C24H23F2N3O2. The number of carbonyl (C=O) groups excluding carboxylic acids is 1. The van der Waals surface area contributed by atoms with Gasteiger partial charge in [-0.3, -0.25) is 4.79 Å². The summed E-state index contributed by atoms with van der Waals surface area (Å²) < 4.78 is 29.3. The van der Waals surface area contributed by atoms with Crippen molar-refractivity contribution >= 4 is 5.91 Å². The van der Waals surface area contributed by atoms with Gasteiger partial charge in [-0.1, -0.05) is 18.2 Å². The van der Waals surface area contributed by atoms with Crippen LogP contribution in [0.25, 0.3) is 5.69 Å². The molecule has 31 heavy (non-hydrogen) atoms. The van der Waals surface area contributed by atoms with E-state index in [2.05, 4.69) is 25.1 Å². The molecule has 0 unspecified atom stereocenters. The van der Waals surface area contributed by atoms with Crippen molar-refractivity contribution in [2.45, 2.75) is 32.6 Å². The van der Waals surface area contributed by atoms with Crippen molar-refractivity contribution in [3.8, 4) is 11.4 Å². The topological polar surface area (TPSA) is 58.4 Å². The van der Waals surface area contributed by atoms with Gasteiger partial charge in [-0.05, 0) is 50.5 Å². The van der Waals surface area contributed by atoms with Crippen molar-refractivity contribution in [2.75, 3.05) is 13.1 Å². The quantitative estimate of drug-likeness (QED) is 0.675. The minimum Gasteiger partial charge on any atom is -0.505 e. The maximum absolute atomic E-state index is 14.0. The largest absolute Gasteiger partial charge is 0.505 e. The lowest BCUT2D eigenvalue weighted by molar-refractivity contribution is -0.0567. The third kappa shape index (κ3) is 3.19. The van der Waals surface area contributed by atoms with Gasteiger partial charge in [0.25, 0.3) is 5.91 Å². The number of benzene rings is 2. The van der Waals surface area contributed by atoms with Crippen LogP contribution in [0.2, 0.25) is 0 Å². The van der Waals surface area contributed by atoms with Crippen LogP contribution in [0.3, 0.4) is 0 Å². The van der Waals surface area contributed by atoms with Crippen LogP contribution in [0.15, 0.2) is 42.5 Å². The average Bonchev–Trinajstić information content (AvgIpc) is 3.03. The Balaban J connectivity index is 1.29. The van der Waals surface area contributed by atoms with Gasteiger partial charge in [-0.2, -0.15) is 5.10 Å². The molecule has 1 aromatic heterocycles. The fraction of sp³-hybridized carbons (Fsp3) is 0.333. The Kier molecular flexibility index (Phi) is 4.39. The smallest absolute Gasteiger partial charge is 0.257 e. The van der Waals surface area contributed by atoms with Gasteiger partial charge in [-0.25, -0.2) is 13.5 Å². The second-order valence-corrected chi connectivity index (χ2v) is 8.96. The van der Waals surface area contributed by atoms with Crippen molar-refractivity contribution in [1.82, 2.24) is 14.7 Å². The van der Waals surface area contributed by atoms with E-state index in [0.717, 1.165) is 35.9 Å². The predicted molar refractivity (Wildman–Crippen MR) is 111 cm³/mol. The molecule has 0 radical (unpaired) electrons. The molecule has 2 aliphatic rings. The fourth-order valence-electron chi connectivity index (χ4n) is 5.04. The molecule has 1 saturated heterocycles. The maximum atomic E-state index is 14.0. The highest BCUT2D eigenvalue weighted by Crippen LogP contribution is 2.56. The first-order valence-corrected chi connectivity index (χ1v) is 10.4. The number of phenols is 1. The third-order valence-corrected chi connectivity index (χ3v) is 6.59. The molecule has 3 aromatic rings. The highest BCUT2D eigenvalue weighted by atomic mass is 19.1. The number of carbonyl (C=O) groups is 1. The summed E-state index contributed by atoms with van der Waals surface area (Å²) in [4.78, 5) is 14.2. The molecule has 1 N–H and O–H groups in total. The van der Waals surface area contributed by atoms with Crippen LogP contribution in [-0.4, -0.2) is 38.8 Å². The van der Waals surface area contributed by atoms with Gasteiger partial charge in [0.1, 0.15) is 5.82 Å².